The van der Waals surface area contributed by atoms with Crippen LogP contribution in [0.5, 0.6) is 0 Å². The Kier molecular flexibility index (Phi) is 5.56. The van der Waals surface area contributed by atoms with E-state index in [1.165, 1.54) is 0 Å². The van der Waals surface area contributed by atoms with Gasteiger partial charge in [0.05, 0.1) is 18.5 Å². The Morgan fingerprint density at radius 3 is 2.54 bits per heavy atom. The maximum atomic E-state index is 10.6. The van der Waals surface area contributed by atoms with Crippen LogP contribution < -0.4 is 0 Å². The molecule has 1 aromatic carbocycles. The number of fused-ring (bicyclic) bond motifs is 1. The fourth-order valence-electron chi connectivity index (χ4n) is 4.34. The number of hydrogen-bond donors (Lipinski definition) is 4. The van der Waals surface area contributed by atoms with Crippen LogP contribution in [0.25, 0.3) is 0 Å². The minimum absolute atomic E-state index is 0.0165. The highest BCUT2D eigenvalue weighted by atomic mass is 16.5. The van der Waals surface area contributed by atoms with Gasteiger partial charge in [-0.15, -0.1) is 0 Å². The van der Waals surface area contributed by atoms with Crippen molar-refractivity contribution in [1.82, 2.24) is 0 Å². The molecule has 0 aliphatic heterocycles. The first-order valence-corrected chi connectivity index (χ1v) is 8.63. The smallest absolute Gasteiger partial charge is 0.156 e. The molecule has 2 aliphatic carbocycles. The number of rotatable bonds is 5. The van der Waals surface area contributed by atoms with Crippen molar-refractivity contribution in [3.63, 3.8) is 0 Å². The molecular weight excluding hydrogens is 308 g/mol. The predicted octanol–water partition coefficient (Wildman–Crippen LogP) is 1.38. The molecule has 0 radical (unpaired) electrons. The van der Waals surface area contributed by atoms with E-state index < -0.39 is 18.3 Å². The summed E-state index contributed by atoms with van der Waals surface area (Å²) in [6, 6.07) is 10.1. The number of ether oxygens (including phenoxy) is 1. The summed E-state index contributed by atoms with van der Waals surface area (Å²) in [6.45, 7) is 0.259. The molecule has 0 aromatic heterocycles. The highest BCUT2D eigenvalue weighted by Gasteiger charge is 2.47. The molecule has 1 fully saturated rings. The Morgan fingerprint density at radius 2 is 1.88 bits per heavy atom. The summed E-state index contributed by atoms with van der Waals surface area (Å²) >= 11 is 0. The lowest BCUT2D eigenvalue weighted by Crippen LogP contribution is -2.48. The maximum Gasteiger partial charge on any atom is 0.156 e. The molecule has 5 atom stereocenters. The van der Waals surface area contributed by atoms with Crippen molar-refractivity contribution < 1.29 is 25.2 Å². The summed E-state index contributed by atoms with van der Waals surface area (Å²) in [5.74, 6) is 0.646. The molecule has 4 unspecified atom stereocenters. The van der Waals surface area contributed by atoms with Gasteiger partial charge in [0.2, 0.25) is 0 Å². The van der Waals surface area contributed by atoms with E-state index in [-0.39, 0.29) is 31.0 Å². The lowest BCUT2D eigenvalue weighted by atomic mass is 9.60. The van der Waals surface area contributed by atoms with Gasteiger partial charge in [0.1, 0.15) is 6.61 Å². The van der Waals surface area contributed by atoms with Crippen molar-refractivity contribution in [2.24, 2.45) is 17.8 Å². The highest BCUT2D eigenvalue weighted by Crippen LogP contribution is 2.50. The molecule has 132 valence electrons. The van der Waals surface area contributed by atoms with Gasteiger partial charge in [-0.2, -0.15) is 0 Å². The molecular formula is C19H26O5. The third-order valence-corrected chi connectivity index (χ3v) is 5.51. The molecule has 0 bridgehead atoms. The zero-order chi connectivity index (χ0) is 17.1. The first kappa shape index (κ1) is 17.4. The fourth-order valence-corrected chi connectivity index (χ4v) is 4.34. The van der Waals surface area contributed by atoms with Crippen LogP contribution in [-0.2, 0) is 4.74 Å². The topological polar surface area (TPSA) is 90.2 Å². The molecule has 3 rings (SSSR count). The normalized spacial score (nSPS) is 33.0. The molecule has 5 heteroatoms. The largest absolute Gasteiger partial charge is 0.496 e. The van der Waals surface area contributed by atoms with E-state index in [9.17, 15) is 15.3 Å². The minimum Gasteiger partial charge on any atom is -0.496 e. The average Bonchev–Trinajstić information content (AvgIpc) is 2.60. The number of aliphatic hydroxyl groups is 4. The lowest BCUT2D eigenvalue weighted by molar-refractivity contribution is -0.156. The second-order valence-corrected chi connectivity index (χ2v) is 6.83. The average molecular weight is 334 g/mol. The number of aliphatic hydroxyl groups excluding tert-OH is 3. The minimum atomic E-state index is -1.51. The molecule has 4 N–H and O–H groups in total. The van der Waals surface area contributed by atoms with Crippen LogP contribution in [0.4, 0.5) is 0 Å². The van der Waals surface area contributed by atoms with Crippen molar-refractivity contribution in [3.05, 3.63) is 47.7 Å². The van der Waals surface area contributed by atoms with Crippen molar-refractivity contribution >= 4 is 0 Å². The first-order chi connectivity index (χ1) is 11.6. The van der Waals surface area contributed by atoms with Crippen molar-refractivity contribution in [2.75, 3.05) is 13.2 Å². The number of benzene rings is 1. The molecule has 1 saturated carbocycles. The van der Waals surface area contributed by atoms with Crippen LogP contribution >= 0.6 is 0 Å². The van der Waals surface area contributed by atoms with Crippen molar-refractivity contribution in [2.45, 2.75) is 37.6 Å². The van der Waals surface area contributed by atoms with Crippen LogP contribution in [0, 0.1) is 17.8 Å². The van der Waals surface area contributed by atoms with Gasteiger partial charge in [-0.1, -0.05) is 30.3 Å². The Morgan fingerprint density at radius 1 is 1.12 bits per heavy atom. The zero-order valence-electron chi connectivity index (χ0n) is 13.7. The Bertz CT molecular complexity index is 556. The summed E-state index contributed by atoms with van der Waals surface area (Å²) in [4.78, 5) is 0. The molecule has 1 aromatic rings. The number of allylic oxidation sites excluding steroid dienone is 2. The van der Waals surface area contributed by atoms with Crippen LogP contribution in [0.15, 0.2) is 42.2 Å². The standard InChI is InChI=1S/C19H26O5/c20-8-9-24-13-6-7-14-16(10-13)15(12-4-2-1-3-5-12)11-17(18(14)21)19(22)23/h1-6,14-23H,7-11H2/t14?,15-,16?,17?,18?/m0/s1. The summed E-state index contributed by atoms with van der Waals surface area (Å²) in [5.41, 5.74) is 1.16. The summed E-state index contributed by atoms with van der Waals surface area (Å²) in [6.07, 6.45) is 1.62. The third kappa shape index (κ3) is 3.49. The van der Waals surface area contributed by atoms with Gasteiger partial charge in [0, 0.05) is 12.3 Å². The SMILES string of the molecule is OCCOC1=CCC2C(O)C(C(O)O)C[C@@H](c3ccccc3)C2C1. The van der Waals surface area contributed by atoms with E-state index in [4.69, 9.17) is 9.84 Å². The molecule has 0 amide bonds. The Balaban J connectivity index is 1.87. The number of hydrogen-bond acceptors (Lipinski definition) is 5. The van der Waals surface area contributed by atoms with Crippen LogP contribution in [0.1, 0.15) is 30.7 Å². The van der Waals surface area contributed by atoms with Gasteiger partial charge in [-0.25, -0.2) is 0 Å². The monoisotopic (exact) mass is 334 g/mol. The first-order valence-electron chi connectivity index (χ1n) is 8.63. The summed E-state index contributed by atoms with van der Waals surface area (Å²) in [7, 11) is 0. The van der Waals surface area contributed by atoms with Gasteiger partial charge in [0.15, 0.2) is 6.29 Å². The second-order valence-electron chi connectivity index (χ2n) is 6.83. The van der Waals surface area contributed by atoms with Gasteiger partial charge >= 0.3 is 0 Å². The van der Waals surface area contributed by atoms with E-state index in [0.717, 1.165) is 11.3 Å². The third-order valence-electron chi connectivity index (χ3n) is 5.51. The van der Waals surface area contributed by atoms with Gasteiger partial charge in [-0.3, -0.25) is 0 Å². The van der Waals surface area contributed by atoms with Crippen LogP contribution in [-0.4, -0.2) is 46.0 Å². The lowest BCUT2D eigenvalue weighted by Gasteiger charge is -2.47. The highest BCUT2D eigenvalue weighted by molar-refractivity contribution is 5.24. The molecule has 0 spiro atoms. The van der Waals surface area contributed by atoms with Crippen molar-refractivity contribution in [1.29, 1.82) is 0 Å². The van der Waals surface area contributed by atoms with E-state index in [1.807, 2.05) is 24.3 Å². The Labute approximate surface area is 142 Å². The van der Waals surface area contributed by atoms with E-state index in [0.29, 0.717) is 19.3 Å². The fraction of sp³-hybridized carbons (Fsp3) is 0.579. The predicted molar refractivity (Wildman–Crippen MR) is 88.9 cm³/mol. The Hall–Kier alpha value is -1.40. The van der Waals surface area contributed by atoms with Gasteiger partial charge < -0.3 is 25.2 Å². The molecule has 2 aliphatic rings. The molecule has 0 heterocycles. The zero-order valence-corrected chi connectivity index (χ0v) is 13.7. The second kappa shape index (κ2) is 7.66. The van der Waals surface area contributed by atoms with Crippen molar-refractivity contribution in [3.8, 4) is 0 Å². The van der Waals surface area contributed by atoms with E-state index in [1.54, 1.807) is 0 Å². The molecule has 5 nitrogen and oxygen atoms in total. The van der Waals surface area contributed by atoms with Gasteiger partial charge in [-0.05, 0) is 42.2 Å². The quantitative estimate of drug-likeness (QED) is 0.611. The van der Waals surface area contributed by atoms with Crippen LogP contribution in [0.2, 0.25) is 0 Å². The molecule has 0 saturated heterocycles. The summed E-state index contributed by atoms with van der Waals surface area (Å²) < 4.78 is 5.61. The van der Waals surface area contributed by atoms with E-state index >= 15 is 0 Å². The summed E-state index contributed by atoms with van der Waals surface area (Å²) in [5, 5.41) is 39.0. The van der Waals surface area contributed by atoms with Crippen LogP contribution in [0.3, 0.4) is 0 Å². The molecule has 24 heavy (non-hydrogen) atoms. The van der Waals surface area contributed by atoms with Gasteiger partial charge in [0.25, 0.3) is 0 Å². The maximum absolute atomic E-state index is 10.6. The van der Waals surface area contributed by atoms with E-state index in [2.05, 4.69) is 12.1 Å².